The lowest BCUT2D eigenvalue weighted by Crippen LogP contribution is -2.32. The summed E-state index contributed by atoms with van der Waals surface area (Å²) in [5.41, 5.74) is 5.05. The molecule has 122 valence electrons. The standard InChI is InChI=1S/C17H21ClN4O/c1-12-4-5-13(2)16(10-12)22-17(18)15(14(3)20-22)11-19-21-6-8-23-9-7-21/h4-5,10-11H,6-9H2,1-3H3/b19-11+. The van der Waals surface area contributed by atoms with E-state index in [2.05, 4.69) is 42.2 Å². The Morgan fingerprint density at radius 3 is 2.70 bits per heavy atom. The molecule has 0 bridgehead atoms. The van der Waals surface area contributed by atoms with E-state index < -0.39 is 0 Å². The van der Waals surface area contributed by atoms with E-state index in [0.717, 1.165) is 35.6 Å². The third-order valence-electron chi connectivity index (χ3n) is 3.98. The molecule has 23 heavy (non-hydrogen) atoms. The molecule has 2 aromatic rings. The highest BCUT2D eigenvalue weighted by Gasteiger charge is 2.15. The van der Waals surface area contributed by atoms with Crippen LogP contribution in [0.2, 0.25) is 5.15 Å². The van der Waals surface area contributed by atoms with E-state index in [1.165, 1.54) is 5.56 Å². The first-order valence-electron chi connectivity index (χ1n) is 7.75. The van der Waals surface area contributed by atoms with Crippen molar-refractivity contribution in [1.29, 1.82) is 0 Å². The minimum absolute atomic E-state index is 0.591. The van der Waals surface area contributed by atoms with Crippen LogP contribution in [0.5, 0.6) is 0 Å². The van der Waals surface area contributed by atoms with E-state index in [0.29, 0.717) is 18.4 Å². The molecule has 0 radical (unpaired) electrons. The normalized spacial score (nSPS) is 15.6. The van der Waals surface area contributed by atoms with Gasteiger partial charge in [0.2, 0.25) is 0 Å². The second-order valence-corrected chi connectivity index (χ2v) is 6.16. The maximum absolute atomic E-state index is 6.57. The van der Waals surface area contributed by atoms with Crippen LogP contribution in [0, 0.1) is 20.8 Å². The molecule has 0 N–H and O–H groups in total. The molecule has 0 amide bonds. The fourth-order valence-corrected chi connectivity index (χ4v) is 2.89. The van der Waals surface area contributed by atoms with Crippen LogP contribution in [-0.4, -0.2) is 47.3 Å². The highest BCUT2D eigenvalue weighted by atomic mass is 35.5. The van der Waals surface area contributed by atoms with Crippen LogP contribution in [0.25, 0.3) is 5.69 Å². The number of morpholine rings is 1. The van der Waals surface area contributed by atoms with Crippen molar-refractivity contribution in [1.82, 2.24) is 14.8 Å². The highest BCUT2D eigenvalue weighted by molar-refractivity contribution is 6.32. The minimum Gasteiger partial charge on any atom is -0.378 e. The molecule has 1 saturated heterocycles. The van der Waals surface area contributed by atoms with Gasteiger partial charge in [-0.25, -0.2) is 4.68 Å². The summed E-state index contributed by atoms with van der Waals surface area (Å²) in [6, 6.07) is 6.26. The molecule has 0 atom stereocenters. The molecule has 2 heterocycles. The van der Waals surface area contributed by atoms with Crippen LogP contribution in [0.4, 0.5) is 0 Å². The van der Waals surface area contributed by atoms with Crippen molar-refractivity contribution in [2.45, 2.75) is 20.8 Å². The lowest BCUT2D eigenvalue weighted by Gasteiger charge is -2.23. The van der Waals surface area contributed by atoms with Gasteiger partial charge in [0.15, 0.2) is 0 Å². The minimum atomic E-state index is 0.591. The Balaban J connectivity index is 1.93. The number of aromatic nitrogens is 2. The van der Waals surface area contributed by atoms with Crippen LogP contribution in [0.1, 0.15) is 22.4 Å². The van der Waals surface area contributed by atoms with E-state index in [1.807, 2.05) is 11.9 Å². The largest absolute Gasteiger partial charge is 0.378 e. The quantitative estimate of drug-likeness (QED) is 0.811. The second kappa shape index (κ2) is 6.72. The van der Waals surface area contributed by atoms with Crippen molar-refractivity contribution in [3.8, 4) is 5.69 Å². The van der Waals surface area contributed by atoms with Gasteiger partial charge in [-0.05, 0) is 38.0 Å². The number of benzene rings is 1. The van der Waals surface area contributed by atoms with Gasteiger partial charge in [0.05, 0.1) is 49.5 Å². The van der Waals surface area contributed by atoms with Crippen molar-refractivity contribution in [2.75, 3.05) is 26.3 Å². The first kappa shape index (κ1) is 16.0. The Bertz CT molecular complexity index is 732. The van der Waals surface area contributed by atoms with E-state index in [9.17, 15) is 0 Å². The highest BCUT2D eigenvalue weighted by Crippen LogP contribution is 2.25. The molecular weight excluding hydrogens is 312 g/mol. The monoisotopic (exact) mass is 332 g/mol. The summed E-state index contributed by atoms with van der Waals surface area (Å²) in [6.45, 7) is 9.11. The topological polar surface area (TPSA) is 42.7 Å². The maximum atomic E-state index is 6.57. The van der Waals surface area contributed by atoms with Gasteiger partial charge in [0.25, 0.3) is 0 Å². The number of nitrogens with zero attached hydrogens (tertiary/aromatic N) is 4. The summed E-state index contributed by atoms with van der Waals surface area (Å²) in [4.78, 5) is 0. The Morgan fingerprint density at radius 2 is 1.96 bits per heavy atom. The number of hydrazone groups is 1. The summed E-state index contributed by atoms with van der Waals surface area (Å²) < 4.78 is 7.12. The van der Waals surface area contributed by atoms with E-state index >= 15 is 0 Å². The van der Waals surface area contributed by atoms with E-state index in [-0.39, 0.29) is 0 Å². The molecule has 1 aromatic heterocycles. The van der Waals surface area contributed by atoms with Crippen LogP contribution in [0.3, 0.4) is 0 Å². The molecule has 0 saturated carbocycles. The summed E-state index contributed by atoms with van der Waals surface area (Å²) in [5, 5.41) is 11.7. The predicted octanol–water partition coefficient (Wildman–Crippen LogP) is 3.12. The first-order valence-corrected chi connectivity index (χ1v) is 8.13. The second-order valence-electron chi connectivity index (χ2n) is 5.80. The van der Waals surface area contributed by atoms with Gasteiger partial charge in [-0.2, -0.15) is 10.2 Å². The number of aryl methyl sites for hydroxylation is 3. The van der Waals surface area contributed by atoms with Gasteiger partial charge in [0.1, 0.15) is 5.15 Å². The van der Waals surface area contributed by atoms with Crippen LogP contribution in [0.15, 0.2) is 23.3 Å². The predicted molar refractivity (Wildman–Crippen MR) is 92.8 cm³/mol. The van der Waals surface area contributed by atoms with Gasteiger partial charge in [-0.3, -0.25) is 5.01 Å². The molecule has 5 nitrogen and oxygen atoms in total. The van der Waals surface area contributed by atoms with Crippen molar-refractivity contribution >= 4 is 17.8 Å². The number of halogens is 1. The van der Waals surface area contributed by atoms with Crippen LogP contribution >= 0.6 is 11.6 Å². The molecule has 0 aliphatic carbocycles. The number of hydrogen-bond donors (Lipinski definition) is 0. The smallest absolute Gasteiger partial charge is 0.142 e. The Morgan fingerprint density at radius 1 is 1.22 bits per heavy atom. The average molecular weight is 333 g/mol. The van der Waals surface area contributed by atoms with Crippen molar-refractivity contribution in [3.05, 3.63) is 45.7 Å². The van der Waals surface area contributed by atoms with Crippen LogP contribution < -0.4 is 0 Å². The van der Waals surface area contributed by atoms with Gasteiger partial charge >= 0.3 is 0 Å². The first-order chi connectivity index (χ1) is 11.1. The van der Waals surface area contributed by atoms with Crippen molar-refractivity contribution in [3.63, 3.8) is 0 Å². The number of hydrogen-bond acceptors (Lipinski definition) is 4. The SMILES string of the molecule is Cc1ccc(C)c(-n2nc(C)c(/C=N/N3CCOCC3)c2Cl)c1. The van der Waals surface area contributed by atoms with Gasteiger partial charge < -0.3 is 4.74 Å². The number of ether oxygens (including phenoxy) is 1. The Hall–Kier alpha value is -1.85. The molecule has 1 aromatic carbocycles. The van der Waals surface area contributed by atoms with Gasteiger partial charge in [-0.15, -0.1) is 0 Å². The van der Waals surface area contributed by atoms with Gasteiger partial charge in [-0.1, -0.05) is 23.7 Å². The molecule has 6 heteroatoms. The zero-order valence-corrected chi connectivity index (χ0v) is 14.5. The fraction of sp³-hybridized carbons (Fsp3) is 0.412. The zero-order valence-electron chi connectivity index (χ0n) is 13.7. The Kier molecular flexibility index (Phi) is 4.68. The summed E-state index contributed by atoms with van der Waals surface area (Å²) >= 11 is 6.57. The number of rotatable bonds is 3. The van der Waals surface area contributed by atoms with Gasteiger partial charge in [0, 0.05) is 0 Å². The molecule has 1 aliphatic heterocycles. The summed E-state index contributed by atoms with van der Waals surface area (Å²) in [5.74, 6) is 0. The molecule has 0 unspecified atom stereocenters. The van der Waals surface area contributed by atoms with E-state index in [4.69, 9.17) is 16.3 Å². The third kappa shape index (κ3) is 3.41. The van der Waals surface area contributed by atoms with Crippen molar-refractivity contribution < 1.29 is 4.74 Å². The molecule has 1 fully saturated rings. The van der Waals surface area contributed by atoms with Crippen LogP contribution in [-0.2, 0) is 4.74 Å². The Labute approximate surface area is 141 Å². The molecule has 0 spiro atoms. The molecule has 3 rings (SSSR count). The third-order valence-corrected chi connectivity index (χ3v) is 4.34. The van der Waals surface area contributed by atoms with E-state index in [1.54, 1.807) is 10.9 Å². The zero-order chi connectivity index (χ0) is 16.4. The molecule has 1 aliphatic rings. The lowest BCUT2D eigenvalue weighted by molar-refractivity contribution is 0.0397. The average Bonchev–Trinajstić information content (AvgIpc) is 2.83. The summed E-state index contributed by atoms with van der Waals surface area (Å²) in [7, 11) is 0. The molecular formula is C17H21ClN4O. The fourth-order valence-electron chi connectivity index (χ4n) is 2.57. The maximum Gasteiger partial charge on any atom is 0.142 e. The summed E-state index contributed by atoms with van der Waals surface area (Å²) in [6.07, 6.45) is 1.80. The van der Waals surface area contributed by atoms with Crippen molar-refractivity contribution in [2.24, 2.45) is 5.10 Å². The lowest BCUT2D eigenvalue weighted by atomic mass is 10.1.